The van der Waals surface area contributed by atoms with Crippen LogP contribution >= 0.6 is 11.8 Å². The maximum atomic E-state index is 12.4. The van der Waals surface area contributed by atoms with Gasteiger partial charge in [0.15, 0.2) is 0 Å². The molecule has 2 rings (SSSR count). The number of nitrogens with zero attached hydrogens (tertiary/aromatic N) is 2. The number of carbonyl (C=O) groups is 2. The summed E-state index contributed by atoms with van der Waals surface area (Å²) < 4.78 is 0. The van der Waals surface area contributed by atoms with Gasteiger partial charge in [-0.2, -0.15) is 11.8 Å². The highest BCUT2D eigenvalue weighted by Crippen LogP contribution is 2.21. The zero-order valence-corrected chi connectivity index (χ0v) is 11.1. The van der Waals surface area contributed by atoms with Crippen LogP contribution in [-0.4, -0.2) is 64.1 Å². The first-order chi connectivity index (χ1) is 8.68. The highest BCUT2D eigenvalue weighted by Gasteiger charge is 2.31. The third-order valence-corrected chi connectivity index (χ3v) is 4.30. The van der Waals surface area contributed by atoms with Crippen LogP contribution in [0, 0.1) is 0 Å². The smallest absolute Gasteiger partial charge is 0.320 e. The number of amides is 2. The number of hydrogen-bond donors (Lipinski definition) is 1. The van der Waals surface area contributed by atoms with Crippen LogP contribution in [0.4, 0.5) is 4.79 Å². The Morgan fingerprint density at radius 2 is 2.17 bits per heavy atom. The minimum Gasteiger partial charge on any atom is -0.481 e. The molecule has 1 fully saturated rings. The van der Waals surface area contributed by atoms with Crippen LogP contribution in [0.3, 0.4) is 0 Å². The number of carbonyl (C=O) groups excluding carboxylic acids is 1. The van der Waals surface area contributed by atoms with Crippen molar-refractivity contribution < 1.29 is 14.7 Å². The molecular formula is C12H18N2O3S. The number of rotatable bonds is 2. The number of aliphatic carboxylic acids is 1. The molecule has 0 aromatic carbocycles. The second-order valence-corrected chi connectivity index (χ2v) is 5.66. The van der Waals surface area contributed by atoms with Crippen LogP contribution in [0.5, 0.6) is 0 Å². The lowest BCUT2D eigenvalue weighted by Gasteiger charge is -2.38. The third kappa shape index (κ3) is 3.19. The molecule has 2 heterocycles. The molecule has 1 N–H and O–H groups in total. The lowest BCUT2D eigenvalue weighted by atomic mass is 10.2. The molecule has 100 valence electrons. The summed E-state index contributed by atoms with van der Waals surface area (Å²) >= 11 is 1.72. The highest BCUT2D eigenvalue weighted by atomic mass is 32.2. The van der Waals surface area contributed by atoms with E-state index in [0.717, 1.165) is 24.5 Å². The first-order valence-corrected chi connectivity index (χ1v) is 7.34. The van der Waals surface area contributed by atoms with Crippen LogP contribution in [0.1, 0.15) is 12.8 Å². The largest absolute Gasteiger partial charge is 0.481 e. The molecule has 0 aromatic heterocycles. The van der Waals surface area contributed by atoms with Gasteiger partial charge in [0.2, 0.25) is 0 Å². The summed E-state index contributed by atoms with van der Waals surface area (Å²) in [4.78, 5) is 26.7. The van der Waals surface area contributed by atoms with E-state index < -0.39 is 5.97 Å². The molecule has 0 aliphatic carbocycles. The molecule has 2 aliphatic rings. The Morgan fingerprint density at radius 3 is 2.83 bits per heavy atom. The standard InChI is InChI=1S/C12H18N2O3S/c15-11(16)8-10-9-18-7-6-14(10)12(17)13-4-2-1-3-5-13/h1-2,10H,3-9H2,(H,15,16). The van der Waals surface area contributed by atoms with Gasteiger partial charge in [-0.1, -0.05) is 12.2 Å². The van der Waals surface area contributed by atoms with Crippen molar-refractivity contribution in [2.24, 2.45) is 0 Å². The van der Waals surface area contributed by atoms with Crippen molar-refractivity contribution in [3.05, 3.63) is 12.2 Å². The Kier molecular flexibility index (Phi) is 4.52. The van der Waals surface area contributed by atoms with Crippen LogP contribution in [-0.2, 0) is 4.79 Å². The van der Waals surface area contributed by atoms with Crippen molar-refractivity contribution in [1.82, 2.24) is 9.80 Å². The predicted molar refractivity (Wildman–Crippen MR) is 70.8 cm³/mol. The molecule has 5 nitrogen and oxygen atoms in total. The summed E-state index contributed by atoms with van der Waals surface area (Å²) in [5.74, 6) is 0.784. The van der Waals surface area contributed by atoms with Gasteiger partial charge in [0.1, 0.15) is 0 Å². The van der Waals surface area contributed by atoms with Gasteiger partial charge in [0.25, 0.3) is 0 Å². The monoisotopic (exact) mass is 270 g/mol. The van der Waals surface area contributed by atoms with Gasteiger partial charge in [0, 0.05) is 31.1 Å². The average Bonchev–Trinajstić information content (AvgIpc) is 2.39. The number of carboxylic acids is 1. The second-order valence-electron chi connectivity index (χ2n) is 4.51. The van der Waals surface area contributed by atoms with E-state index in [0.29, 0.717) is 13.1 Å². The van der Waals surface area contributed by atoms with Crippen LogP contribution in [0.15, 0.2) is 12.2 Å². The minimum atomic E-state index is -0.834. The lowest BCUT2D eigenvalue weighted by Crippen LogP contribution is -2.53. The molecule has 0 aromatic rings. The normalized spacial score (nSPS) is 24.1. The minimum absolute atomic E-state index is 0.00843. The summed E-state index contributed by atoms with van der Waals surface area (Å²) in [5.41, 5.74) is 0. The van der Waals surface area contributed by atoms with Crippen molar-refractivity contribution in [3.63, 3.8) is 0 Å². The molecule has 1 unspecified atom stereocenters. The van der Waals surface area contributed by atoms with Crippen LogP contribution in [0.25, 0.3) is 0 Å². The number of thioether (sulfide) groups is 1. The van der Waals surface area contributed by atoms with Crippen molar-refractivity contribution in [3.8, 4) is 0 Å². The summed E-state index contributed by atoms with van der Waals surface area (Å²) in [6, 6.07) is -0.175. The molecule has 0 saturated carbocycles. The van der Waals surface area contributed by atoms with E-state index in [1.807, 2.05) is 6.08 Å². The summed E-state index contributed by atoms with van der Waals surface area (Å²) in [6.45, 7) is 2.03. The van der Waals surface area contributed by atoms with Crippen LogP contribution < -0.4 is 0 Å². The average molecular weight is 270 g/mol. The zero-order chi connectivity index (χ0) is 13.0. The van der Waals surface area contributed by atoms with Gasteiger partial charge < -0.3 is 14.9 Å². The van der Waals surface area contributed by atoms with E-state index in [4.69, 9.17) is 5.11 Å². The van der Waals surface area contributed by atoms with E-state index in [1.54, 1.807) is 21.6 Å². The summed E-state index contributed by atoms with van der Waals surface area (Å²) in [7, 11) is 0. The van der Waals surface area contributed by atoms with Gasteiger partial charge in [-0.25, -0.2) is 4.79 Å². The molecule has 0 radical (unpaired) electrons. The molecule has 0 bridgehead atoms. The molecule has 1 atom stereocenters. The second kappa shape index (κ2) is 6.13. The molecule has 18 heavy (non-hydrogen) atoms. The highest BCUT2D eigenvalue weighted by molar-refractivity contribution is 7.99. The van der Waals surface area contributed by atoms with Gasteiger partial charge in [-0.3, -0.25) is 4.79 Å². The fourth-order valence-electron chi connectivity index (χ4n) is 2.27. The fourth-order valence-corrected chi connectivity index (χ4v) is 3.34. The molecule has 2 amide bonds. The molecule has 0 spiro atoms. The van der Waals surface area contributed by atoms with E-state index in [-0.39, 0.29) is 18.5 Å². The Hall–Kier alpha value is -1.17. The van der Waals surface area contributed by atoms with Crippen LogP contribution in [0.2, 0.25) is 0 Å². The maximum absolute atomic E-state index is 12.4. The van der Waals surface area contributed by atoms with E-state index >= 15 is 0 Å². The lowest BCUT2D eigenvalue weighted by molar-refractivity contribution is -0.138. The van der Waals surface area contributed by atoms with Gasteiger partial charge in [0.05, 0.1) is 12.5 Å². The number of carboxylic acid groups (broad SMARTS) is 1. The molecular weight excluding hydrogens is 252 g/mol. The van der Waals surface area contributed by atoms with Gasteiger partial charge in [-0.05, 0) is 6.42 Å². The Labute approximate surface area is 111 Å². The summed E-state index contributed by atoms with van der Waals surface area (Å²) in [5, 5.41) is 8.90. The third-order valence-electron chi connectivity index (χ3n) is 3.21. The SMILES string of the molecule is O=C(O)CC1CSCCN1C(=O)N1CC=CCC1. The van der Waals surface area contributed by atoms with Gasteiger partial charge >= 0.3 is 12.0 Å². The van der Waals surface area contributed by atoms with Crippen molar-refractivity contribution in [1.29, 1.82) is 0 Å². The van der Waals surface area contributed by atoms with Crippen molar-refractivity contribution in [2.45, 2.75) is 18.9 Å². The predicted octanol–water partition coefficient (Wildman–Crippen LogP) is 1.26. The molecule has 6 heteroatoms. The Morgan fingerprint density at radius 1 is 1.33 bits per heavy atom. The zero-order valence-electron chi connectivity index (χ0n) is 10.2. The Bertz CT molecular complexity index is 359. The Balaban J connectivity index is 2.00. The van der Waals surface area contributed by atoms with Crippen molar-refractivity contribution in [2.75, 3.05) is 31.1 Å². The molecule has 1 saturated heterocycles. The number of urea groups is 1. The molecule has 2 aliphatic heterocycles. The topological polar surface area (TPSA) is 60.9 Å². The van der Waals surface area contributed by atoms with E-state index in [2.05, 4.69) is 6.08 Å². The van der Waals surface area contributed by atoms with E-state index in [1.165, 1.54) is 0 Å². The van der Waals surface area contributed by atoms with Crippen molar-refractivity contribution >= 4 is 23.8 Å². The number of hydrogen-bond acceptors (Lipinski definition) is 3. The van der Waals surface area contributed by atoms with E-state index in [9.17, 15) is 9.59 Å². The maximum Gasteiger partial charge on any atom is 0.320 e. The fraction of sp³-hybridized carbons (Fsp3) is 0.667. The van der Waals surface area contributed by atoms with Gasteiger partial charge in [-0.15, -0.1) is 0 Å². The summed E-state index contributed by atoms with van der Waals surface area (Å²) in [6.07, 6.45) is 5.00. The first-order valence-electron chi connectivity index (χ1n) is 6.18. The quantitative estimate of drug-likeness (QED) is 0.767. The first kappa shape index (κ1) is 13.3.